The summed E-state index contributed by atoms with van der Waals surface area (Å²) in [6, 6.07) is 32.9. The zero-order valence-electron chi connectivity index (χ0n) is 40.7. The molecule has 22 nitrogen and oxygen atoms in total. The van der Waals surface area contributed by atoms with Crippen molar-refractivity contribution in [3.8, 4) is 56.0 Å². The highest BCUT2D eigenvalue weighted by atomic mass is 16.7. The van der Waals surface area contributed by atoms with E-state index >= 15 is 0 Å². The maximum Gasteiger partial charge on any atom is 0.270 e. The van der Waals surface area contributed by atoms with Crippen LogP contribution in [0.4, 0.5) is 11.4 Å². The highest BCUT2D eigenvalue weighted by molar-refractivity contribution is 6.00. The van der Waals surface area contributed by atoms with Crippen LogP contribution in [0.3, 0.4) is 0 Å². The Hall–Kier alpha value is -8.52. The van der Waals surface area contributed by atoms with E-state index in [2.05, 4.69) is 9.97 Å². The molecule has 2 saturated heterocycles. The Kier molecular flexibility index (Phi) is 14.0. The fourth-order valence-electron chi connectivity index (χ4n) is 9.94. The largest absolute Gasteiger partial charge is 0.462 e. The number of fused-ring (bicyclic) bond motifs is 8. The van der Waals surface area contributed by atoms with Crippen molar-refractivity contribution >= 4 is 57.7 Å². The van der Waals surface area contributed by atoms with Crippen LogP contribution >= 0.6 is 0 Å². The standard InChI is InChI=1S/C56H48N6O16/c63-25-43-49(65)51(67)53(69)55(77-43)75-33-12-6-28(7-13-33)46-37-17-16-35(57-37)45(27-4-10-31(11-5-27)61(71)72)36-20-22-41(59-36)48(30-2-1-3-32(24-30)62(73)74)42-23-21-40(60-42)47(39-19-18-38(46)58-39)29-8-14-34(15-9-29)76-56-54(70)52(68)50(66)44(26-64)78-56/h1-24,43-44,49-56,59-60,63-70H,25-26H2/t43-,44-,49-,50-,51+,52+,53-,54-,55-,56-/m1/s1. The second-order valence-corrected chi connectivity index (χ2v) is 18.8. The summed E-state index contributed by atoms with van der Waals surface area (Å²) in [6.07, 6.45) is -7.84. The number of nitro groups is 2. The SMILES string of the molecule is O=[N+]([O-])c1ccc(-c2c3nc(c(-c4ccc(O[C@@H]5O[C@H](CO)[C@@H](O)[C@H](O)[C@H]5O)cc4)c4nc(c(-c5ccc(O[C@@H]6O[C@H](CO)[C@@H](O)[C@H](O)[C@H]6O)cc5)c5ccc([nH]5)c(-c5cccc([N+](=O)[O-])c5)c5ccc2[nH]5)C=C4)C=C3)cc1. The molecular weight excluding hydrogens is 1010 g/mol. The first-order valence-corrected chi connectivity index (χ1v) is 24.5. The summed E-state index contributed by atoms with van der Waals surface area (Å²) in [5.41, 5.74) is 8.29. The molecule has 10 atom stereocenters. The lowest BCUT2D eigenvalue weighted by Crippen LogP contribution is -2.60. The molecule has 0 unspecified atom stereocenters. The molecule has 4 aliphatic rings. The summed E-state index contributed by atoms with van der Waals surface area (Å²) in [5, 5.41) is 107. The molecule has 0 radical (unpaired) electrons. The smallest absolute Gasteiger partial charge is 0.270 e. The first kappa shape index (κ1) is 51.6. The number of benzene rings is 4. The summed E-state index contributed by atoms with van der Waals surface area (Å²) >= 11 is 0. The van der Waals surface area contributed by atoms with Gasteiger partial charge in [-0.3, -0.25) is 20.2 Å². The number of nitro benzene ring substituents is 2. The van der Waals surface area contributed by atoms with E-state index < -0.39 is 84.5 Å². The second-order valence-electron chi connectivity index (χ2n) is 18.8. The molecule has 4 aliphatic heterocycles. The van der Waals surface area contributed by atoms with Gasteiger partial charge < -0.3 is 69.8 Å². The van der Waals surface area contributed by atoms with Gasteiger partial charge in [-0.15, -0.1) is 0 Å². The van der Waals surface area contributed by atoms with E-state index in [0.29, 0.717) is 89.4 Å². The predicted octanol–water partition coefficient (Wildman–Crippen LogP) is 5.50. The van der Waals surface area contributed by atoms with Gasteiger partial charge in [0, 0.05) is 68.6 Å². The van der Waals surface area contributed by atoms with E-state index in [-0.39, 0.29) is 22.9 Å². The van der Waals surface area contributed by atoms with Crippen molar-refractivity contribution in [2.75, 3.05) is 13.2 Å². The molecule has 4 aromatic carbocycles. The summed E-state index contributed by atoms with van der Waals surface area (Å²) < 4.78 is 23.1. The molecule has 2 fully saturated rings. The molecule has 0 saturated carbocycles. The van der Waals surface area contributed by atoms with Gasteiger partial charge in [0.15, 0.2) is 0 Å². The third-order valence-corrected chi connectivity index (χ3v) is 14.0. The van der Waals surface area contributed by atoms with Crippen molar-refractivity contribution in [2.45, 2.75) is 61.4 Å². The van der Waals surface area contributed by atoms with Crippen molar-refractivity contribution in [3.63, 3.8) is 0 Å². The molecule has 398 valence electrons. The third-order valence-electron chi connectivity index (χ3n) is 14.0. The minimum atomic E-state index is -1.66. The highest BCUT2D eigenvalue weighted by Crippen LogP contribution is 2.40. The van der Waals surface area contributed by atoms with Gasteiger partial charge in [0.2, 0.25) is 12.6 Å². The fraction of sp³-hybridized carbons (Fsp3) is 0.214. The van der Waals surface area contributed by atoms with Gasteiger partial charge in [-0.1, -0.05) is 36.4 Å². The van der Waals surface area contributed by atoms with Gasteiger partial charge in [-0.25, -0.2) is 9.97 Å². The number of non-ortho nitro benzene ring substituents is 2. The second kappa shape index (κ2) is 21.1. The lowest BCUT2D eigenvalue weighted by Gasteiger charge is -2.39. The monoisotopic (exact) mass is 1060 g/mol. The molecule has 11 rings (SSSR count). The van der Waals surface area contributed by atoms with E-state index in [1.54, 1.807) is 84.9 Å². The molecule has 8 bridgehead atoms. The fourth-order valence-corrected chi connectivity index (χ4v) is 9.94. The highest BCUT2D eigenvalue weighted by Gasteiger charge is 2.46. The van der Waals surface area contributed by atoms with Gasteiger partial charge in [-0.05, 0) is 107 Å². The summed E-state index contributed by atoms with van der Waals surface area (Å²) in [7, 11) is 0. The van der Waals surface area contributed by atoms with Gasteiger partial charge in [0.1, 0.15) is 60.3 Å². The van der Waals surface area contributed by atoms with Crippen LogP contribution in [0, 0.1) is 20.2 Å². The number of H-pyrrole nitrogens is 2. The number of ether oxygens (including phenoxy) is 4. The van der Waals surface area contributed by atoms with Crippen LogP contribution in [0.5, 0.6) is 11.5 Å². The van der Waals surface area contributed by atoms with Crippen LogP contribution in [-0.4, -0.2) is 145 Å². The maximum atomic E-state index is 12.2. The minimum absolute atomic E-state index is 0.124. The number of nitrogens with one attached hydrogen (secondary N) is 2. The Morgan fingerprint density at radius 1 is 0.449 bits per heavy atom. The van der Waals surface area contributed by atoms with Crippen molar-refractivity contribution < 1.29 is 69.6 Å². The Bertz CT molecular complexity index is 3670. The molecule has 7 aromatic rings. The van der Waals surface area contributed by atoms with Gasteiger partial charge >= 0.3 is 0 Å². The van der Waals surface area contributed by atoms with Crippen LogP contribution in [0.1, 0.15) is 22.8 Å². The van der Waals surface area contributed by atoms with Crippen LogP contribution in [0.2, 0.25) is 0 Å². The van der Waals surface area contributed by atoms with Crippen molar-refractivity contribution in [3.05, 3.63) is 164 Å². The molecule has 78 heavy (non-hydrogen) atoms. The number of aliphatic hydroxyl groups is 8. The van der Waals surface area contributed by atoms with Gasteiger partial charge in [0.05, 0.1) is 45.8 Å². The molecular formula is C56H48N6O16. The molecule has 7 heterocycles. The van der Waals surface area contributed by atoms with E-state index in [4.69, 9.17) is 28.9 Å². The first-order chi connectivity index (χ1) is 37.7. The lowest BCUT2D eigenvalue weighted by atomic mass is 9.99. The van der Waals surface area contributed by atoms with E-state index in [1.165, 1.54) is 24.3 Å². The van der Waals surface area contributed by atoms with E-state index in [9.17, 15) is 61.1 Å². The van der Waals surface area contributed by atoms with E-state index in [0.717, 1.165) is 0 Å². The average molecular weight is 1060 g/mol. The summed E-state index contributed by atoms with van der Waals surface area (Å²) in [5.74, 6) is 0.417. The Morgan fingerprint density at radius 3 is 1.24 bits per heavy atom. The van der Waals surface area contributed by atoms with Crippen molar-refractivity contribution in [1.82, 2.24) is 19.9 Å². The number of aromatic amines is 2. The lowest BCUT2D eigenvalue weighted by molar-refractivity contribution is -0.385. The number of aliphatic hydroxyl groups excluding tert-OH is 8. The number of aromatic nitrogens is 4. The van der Waals surface area contributed by atoms with Crippen LogP contribution in [0.25, 0.3) is 90.9 Å². The number of nitrogens with zero attached hydrogens (tertiary/aromatic N) is 4. The number of hydrogen-bond acceptors (Lipinski definition) is 18. The topological polar surface area (TPSA) is 342 Å². The zero-order chi connectivity index (χ0) is 54.5. The van der Waals surface area contributed by atoms with Crippen molar-refractivity contribution in [2.24, 2.45) is 0 Å². The molecule has 3 aromatic heterocycles. The molecule has 10 N–H and O–H groups in total. The normalized spacial score (nSPS) is 23.7. The molecule has 0 aliphatic carbocycles. The van der Waals surface area contributed by atoms with Crippen molar-refractivity contribution in [1.29, 1.82) is 0 Å². The predicted molar refractivity (Wildman–Crippen MR) is 283 cm³/mol. The van der Waals surface area contributed by atoms with Crippen LogP contribution in [-0.2, 0) is 9.47 Å². The zero-order valence-corrected chi connectivity index (χ0v) is 40.7. The molecule has 0 spiro atoms. The molecule has 0 amide bonds. The van der Waals surface area contributed by atoms with E-state index in [1.807, 2.05) is 36.4 Å². The van der Waals surface area contributed by atoms with Gasteiger partial charge in [-0.2, -0.15) is 0 Å². The first-order valence-electron chi connectivity index (χ1n) is 24.5. The third kappa shape index (κ3) is 9.69. The Labute approximate surface area is 441 Å². The summed E-state index contributed by atoms with van der Waals surface area (Å²) in [6.45, 7) is -1.29. The van der Waals surface area contributed by atoms with Gasteiger partial charge in [0.25, 0.3) is 11.4 Å². The summed E-state index contributed by atoms with van der Waals surface area (Å²) in [4.78, 5) is 40.6. The maximum absolute atomic E-state index is 12.2. The quantitative estimate of drug-likeness (QED) is 0.0533. The number of rotatable bonds is 12. The Balaban J connectivity index is 1.13. The number of hydrogen-bond donors (Lipinski definition) is 10. The minimum Gasteiger partial charge on any atom is -0.462 e. The molecule has 22 heteroatoms. The van der Waals surface area contributed by atoms with Crippen LogP contribution in [0.15, 0.2) is 121 Å². The average Bonchev–Trinajstić information content (AvgIpc) is 4.33. The Morgan fingerprint density at radius 2 is 0.833 bits per heavy atom. The van der Waals surface area contributed by atoms with Crippen LogP contribution < -0.4 is 9.47 Å².